The fraction of sp³-hybridized carbons (Fsp3) is 0.353. The van der Waals surface area contributed by atoms with Crippen LogP contribution in [-0.4, -0.2) is 5.78 Å². The summed E-state index contributed by atoms with van der Waals surface area (Å²) in [4.78, 5) is 14.9. The second kappa shape index (κ2) is 4.93. The Balaban J connectivity index is 1.95. The van der Waals surface area contributed by atoms with Gasteiger partial charge in [-0.15, -0.1) is 11.3 Å². The maximum atomic E-state index is 12.5. The highest BCUT2D eigenvalue weighted by Crippen LogP contribution is 2.31. The fourth-order valence-electron chi connectivity index (χ4n) is 2.63. The Kier molecular flexibility index (Phi) is 3.28. The molecule has 0 saturated heterocycles. The van der Waals surface area contributed by atoms with Crippen LogP contribution >= 0.6 is 11.3 Å². The Morgan fingerprint density at radius 3 is 2.58 bits per heavy atom. The van der Waals surface area contributed by atoms with Crippen LogP contribution in [0, 0.1) is 13.8 Å². The van der Waals surface area contributed by atoms with Crippen molar-refractivity contribution in [3.05, 3.63) is 56.3 Å². The number of fused-ring (bicyclic) bond motifs is 1. The quantitative estimate of drug-likeness (QED) is 0.736. The molecule has 1 heterocycles. The molecule has 19 heavy (non-hydrogen) atoms. The summed E-state index contributed by atoms with van der Waals surface area (Å²) in [6.07, 6.45) is 4.83. The van der Waals surface area contributed by atoms with E-state index in [1.165, 1.54) is 34.4 Å². The molecule has 0 aliphatic heterocycles. The van der Waals surface area contributed by atoms with Crippen molar-refractivity contribution in [1.29, 1.82) is 0 Å². The highest BCUT2D eigenvalue weighted by atomic mass is 32.1. The summed E-state index contributed by atoms with van der Waals surface area (Å²) in [7, 11) is 0. The summed E-state index contributed by atoms with van der Waals surface area (Å²) in [6.45, 7) is 4.14. The topological polar surface area (TPSA) is 17.1 Å². The van der Waals surface area contributed by atoms with Gasteiger partial charge in [0.15, 0.2) is 0 Å². The van der Waals surface area contributed by atoms with Crippen molar-refractivity contribution in [2.75, 3.05) is 0 Å². The third-order valence-electron chi connectivity index (χ3n) is 3.99. The Morgan fingerprint density at radius 2 is 1.84 bits per heavy atom. The Bertz CT molecular complexity index is 613. The average Bonchev–Trinajstić information content (AvgIpc) is 2.85. The molecule has 0 fully saturated rings. The number of ketones is 1. The number of hydrogen-bond acceptors (Lipinski definition) is 2. The minimum Gasteiger partial charge on any atom is -0.288 e. The van der Waals surface area contributed by atoms with Gasteiger partial charge in [-0.1, -0.05) is 12.1 Å². The van der Waals surface area contributed by atoms with Gasteiger partial charge in [-0.2, -0.15) is 0 Å². The van der Waals surface area contributed by atoms with E-state index >= 15 is 0 Å². The van der Waals surface area contributed by atoms with Crippen molar-refractivity contribution in [2.24, 2.45) is 0 Å². The number of aryl methyl sites for hydroxylation is 4. The molecule has 0 amide bonds. The molecule has 98 valence electrons. The van der Waals surface area contributed by atoms with Crippen LogP contribution in [0.4, 0.5) is 0 Å². The van der Waals surface area contributed by atoms with E-state index in [-0.39, 0.29) is 5.78 Å². The van der Waals surface area contributed by atoms with E-state index in [0.717, 1.165) is 23.3 Å². The van der Waals surface area contributed by atoms with Crippen molar-refractivity contribution in [2.45, 2.75) is 39.5 Å². The maximum Gasteiger partial charge on any atom is 0.202 e. The molecule has 0 unspecified atom stereocenters. The second-order valence-electron chi connectivity index (χ2n) is 5.39. The first-order valence-corrected chi connectivity index (χ1v) is 7.70. The largest absolute Gasteiger partial charge is 0.288 e. The van der Waals surface area contributed by atoms with Gasteiger partial charge in [0.2, 0.25) is 5.78 Å². The first-order valence-electron chi connectivity index (χ1n) is 6.88. The SMILES string of the molecule is Cc1ccc(C(=O)c2cc3c(s2)CCCC3)cc1C. The minimum atomic E-state index is 0.183. The lowest BCUT2D eigenvalue weighted by atomic mass is 9.98. The van der Waals surface area contributed by atoms with Crippen molar-refractivity contribution in [3.63, 3.8) is 0 Å². The average molecular weight is 270 g/mol. The first-order chi connectivity index (χ1) is 9.15. The molecular formula is C17H18OS. The number of carbonyl (C=O) groups excluding carboxylic acids is 1. The molecule has 1 nitrogen and oxygen atoms in total. The van der Waals surface area contributed by atoms with E-state index in [2.05, 4.69) is 19.9 Å². The van der Waals surface area contributed by atoms with Crippen LogP contribution in [-0.2, 0) is 12.8 Å². The molecule has 0 radical (unpaired) electrons. The number of rotatable bonds is 2. The lowest BCUT2D eigenvalue weighted by molar-refractivity contribution is 0.104. The van der Waals surface area contributed by atoms with E-state index in [0.29, 0.717) is 0 Å². The molecule has 2 aromatic rings. The highest BCUT2D eigenvalue weighted by Gasteiger charge is 2.18. The summed E-state index contributed by atoms with van der Waals surface area (Å²) in [5.74, 6) is 0.183. The lowest BCUT2D eigenvalue weighted by Crippen LogP contribution is -1.99. The van der Waals surface area contributed by atoms with Gasteiger partial charge in [-0.3, -0.25) is 4.79 Å². The third-order valence-corrected chi connectivity index (χ3v) is 5.23. The molecule has 1 aliphatic carbocycles. The van der Waals surface area contributed by atoms with Crippen molar-refractivity contribution in [1.82, 2.24) is 0 Å². The van der Waals surface area contributed by atoms with Crippen LogP contribution in [0.15, 0.2) is 24.3 Å². The Labute approximate surface area is 118 Å². The minimum absolute atomic E-state index is 0.183. The number of hydrogen-bond donors (Lipinski definition) is 0. The molecule has 0 atom stereocenters. The monoisotopic (exact) mass is 270 g/mol. The summed E-state index contributed by atoms with van der Waals surface area (Å²) >= 11 is 1.70. The van der Waals surface area contributed by atoms with E-state index in [1.807, 2.05) is 18.2 Å². The van der Waals surface area contributed by atoms with Crippen LogP contribution in [0.1, 0.15) is 49.6 Å². The number of carbonyl (C=O) groups is 1. The second-order valence-corrected chi connectivity index (χ2v) is 6.53. The highest BCUT2D eigenvalue weighted by molar-refractivity contribution is 7.14. The molecule has 2 heteroatoms. The van der Waals surface area contributed by atoms with Crippen LogP contribution in [0.3, 0.4) is 0 Å². The molecule has 0 spiro atoms. The fourth-order valence-corrected chi connectivity index (χ4v) is 3.84. The van der Waals surface area contributed by atoms with Crippen LogP contribution in [0.5, 0.6) is 0 Å². The van der Waals surface area contributed by atoms with E-state index in [1.54, 1.807) is 11.3 Å². The molecule has 1 aromatic heterocycles. The predicted molar refractivity (Wildman–Crippen MR) is 80.3 cm³/mol. The molecule has 1 aliphatic rings. The van der Waals surface area contributed by atoms with E-state index in [9.17, 15) is 4.79 Å². The van der Waals surface area contributed by atoms with Crippen molar-refractivity contribution >= 4 is 17.1 Å². The van der Waals surface area contributed by atoms with E-state index < -0.39 is 0 Å². The number of thiophene rings is 1. The van der Waals surface area contributed by atoms with Gasteiger partial charge >= 0.3 is 0 Å². The Morgan fingerprint density at radius 1 is 1.05 bits per heavy atom. The van der Waals surface area contributed by atoms with Gasteiger partial charge in [-0.05, 0) is 68.4 Å². The predicted octanol–water partition coefficient (Wildman–Crippen LogP) is 4.47. The molecule has 0 bridgehead atoms. The van der Waals surface area contributed by atoms with Gasteiger partial charge in [0, 0.05) is 10.4 Å². The van der Waals surface area contributed by atoms with Crippen LogP contribution < -0.4 is 0 Å². The van der Waals surface area contributed by atoms with Gasteiger partial charge in [0.1, 0.15) is 0 Å². The van der Waals surface area contributed by atoms with Crippen molar-refractivity contribution < 1.29 is 4.79 Å². The van der Waals surface area contributed by atoms with Crippen LogP contribution in [0.25, 0.3) is 0 Å². The molecule has 0 saturated carbocycles. The first kappa shape index (κ1) is 12.6. The molecule has 0 N–H and O–H groups in total. The lowest BCUT2D eigenvalue weighted by Gasteiger charge is -2.08. The Hall–Kier alpha value is -1.41. The number of benzene rings is 1. The zero-order chi connectivity index (χ0) is 13.4. The van der Waals surface area contributed by atoms with Crippen LogP contribution in [0.2, 0.25) is 0 Å². The molecule has 1 aromatic carbocycles. The summed E-state index contributed by atoms with van der Waals surface area (Å²) in [5.41, 5.74) is 4.65. The summed E-state index contributed by atoms with van der Waals surface area (Å²) in [6, 6.07) is 8.12. The summed E-state index contributed by atoms with van der Waals surface area (Å²) in [5, 5.41) is 0. The zero-order valence-electron chi connectivity index (χ0n) is 11.5. The van der Waals surface area contributed by atoms with Gasteiger partial charge in [0.05, 0.1) is 4.88 Å². The molecular weight excluding hydrogens is 252 g/mol. The normalized spacial score (nSPS) is 14.2. The summed E-state index contributed by atoms with van der Waals surface area (Å²) < 4.78 is 0. The zero-order valence-corrected chi connectivity index (χ0v) is 12.3. The smallest absolute Gasteiger partial charge is 0.202 e. The maximum absolute atomic E-state index is 12.5. The van der Waals surface area contributed by atoms with Gasteiger partial charge in [-0.25, -0.2) is 0 Å². The van der Waals surface area contributed by atoms with Crippen molar-refractivity contribution in [3.8, 4) is 0 Å². The standard InChI is InChI=1S/C17H18OS/c1-11-7-8-14(9-12(11)2)17(18)16-10-13-5-3-4-6-15(13)19-16/h7-10H,3-6H2,1-2H3. The third kappa shape index (κ3) is 2.37. The molecule has 3 rings (SSSR count). The van der Waals surface area contributed by atoms with E-state index in [4.69, 9.17) is 0 Å². The van der Waals surface area contributed by atoms with Gasteiger partial charge in [0.25, 0.3) is 0 Å². The van der Waals surface area contributed by atoms with Gasteiger partial charge < -0.3 is 0 Å².